The van der Waals surface area contributed by atoms with E-state index in [4.69, 9.17) is 4.74 Å². The number of aromatic amines is 1. The lowest BCUT2D eigenvalue weighted by molar-refractivity contribution is -0.149. The molecule has 2 amide bonds. The first-order chi connectivity index (χ1) is 16.0. The van der Waals surface area contributed by atoms with Crippen LogP contribution in [0.3, 0.4) is 0 Å². The third-order valence-corrected chi connectivity index (χ3v) is 6.07. The van der Waals surface area contributed by atoms with E-state index in [2.05, 4.69) is 15.6 Å². The summed E-state index contributed by atoms with van der Waals surface area (Å²) in [6.07, 6.45) is 2.03. The highest BCUT2D eigenvalue weighted by molar-refractivity contribution is 7.12. The highest BCUT2D eigenvalue weighted by Crippen LogP contribution is 2.20. The molecule has 168 valence electrons. The van der Waals surface area contributed by atoms with Crippen molar-refractivity contribution in [3.05, 3.63) is 88.2 Å². The SMILES string of the molecule is Cc1ccccc1NC(=O)COC(=O)C(Cc1c[nH]c2ccccc12)NC(=O)c1cccs1. The van der Waals surface area contributed by atoms with Gasteiger partial charge in [0.2, 0.25) is 0 Å². The molecule has 1 atom stereocenters. The molecule has 1 unspecified atom stereocenters. The predicted molar refractivity (Wildman–Crippen MR) is 128 cm³/mol. The van der Waals surface area contributed by atoms with Gasteiger partial charge >= 0.3 is 5.97 Å². The van der Waals surface area contributed by atoms with Crippen molar-refractivity contribution in [1.82, 2.24) is 10.3 Å². The zero-order valence-electron chi connectivity index (χ0n) is 18.0. The second-order valence-electron chi connectivity index (χ2n) is 7.54. The van der Waals surface area contributed by atoms with Crippen LogP contribution in [0.25, 0.3) is 10.9 Å². The van der Waals surface area contributed by atoms with Gasteiger partial charge in [0.25, 0.3) is 11.8 Å². The number of rotatable bonds is 8. The van der Waals surface area contributed by atoms with Crippen LogP contribution < -0.4 is 10.6 Å². The lowest BCUT2D eigenvalue weighted by atomic mass is 10.0. The molecule has 0 fully saturated rings. The van der Waals surface area contributed by atoms with Gasteiger partial charge in [0.1, 0.15) is 6.04 Å². The summed E-state index contributed by atoms with van der Waals surface area (Å²) >= 11 is 1.28. The molecule has 0 aliphatic rings. The number of para-hydroxylation sites is 2. The molecule has 0 bridgehead atoms. The normalized spacial score (nSPS) is 11.7. The van der Waals surface area contributed by atoms with E-state index in [-0.39, 0.29) is 12.3 Å². The first kappa shape index (κ1) is 22.3. The Morgan fingerprint density at radius 3 is 2.61 bits per heavy atom. The fourth-order valence-electron chi connectivity index (χ4n) is 3.49. The molecule has 8 heteroatoms. The standard InChI is InChI=1S/C25H23N3O4S/c1-16-7-2-4-9-19(16)27-23(29)15-32-25(31)21(28-24(30)22-11-6-12-33-22)13-17-14-26-20-10-5-3-8-18(17)20/h2-12,14,21,26H,13,15H2,1H3,(H,27,29)(H,28,30). The number of esters is 1. The van der Waals surface area contributed by atoms with Crippen LogP contribution in [0.1, 0.15) is 20.8 Å². The average Bonchev–Trinajstić information content (AvgIpc) is 3.49. The Kier molecular flexibility index (Phi) is 6.85. The first-order valence-corrected chi connectivity index (χ1v) is 11.3. The van der Waals surface area contributed by atoms with Crippen LogP contribution in [0.2, 0.25) is 0 Å². The summed E-state index contributed by atoms with van der Waals surface area (Å²) < 4.78 is 5.28. The maximum Gasteiger partial charge on any atom is 0.329 e. The van der Waals surface area contributed by atoms with Gasteiger partial charge in [0.15, 0.2) is 6.61 Å². The van der Waals surface area contributed by atoms with E-state index in [1.165, 1.54) is 11.3 Å². The molecule has 2 aromatic carbocycles. The van der Waals surface area contributed by atoms with E-state index in [1.807, 2.05) is 55.6 Å². The number of hydrogen-bond donors (Lipinski definition) is 3. The smallest absolute Gasteiger partial charge is 0.329 e. The monoisotopic (exact) mass is 461 g/mol. The molecule has 0 radical (unpaired) electrons. The predicted octanol–water partition coefficient (Wildman–Crippen LogP) is 4.06. The lowest BCUT2D eigenvalue weighted by Gasteiger charge is -2.17. The highest BCUT2D eigenvalue weighted by atomic mass is 32.1. The number of fused-ring (bicyclic) bond motifs is 1. The molecule has 0 saturated carbocycles. The van der Waals surface area contributed by atoms with Crippen LogP contribution in [0, 0.1) is 6.92 Å². The summed E-state index contributed by atoms with van der Waals surface area (Å²) in [5.74, 6) is -1.49. The molecule has 0 saturated heterocycles. The van der Waals surface area contributed by atoms with Crippen LogP contribution in [-0.2, 0) is 20.7 Å². The van der Waals surface area contributed by atoms with Gasteiger partial charge in [-0.05, 0) is 41.6 Å². The fourth-order valence-corrected chi connectivity index (χ4v) is 4.11. The second-order valence-corrected chi connectivity index (χ2v) is 8.49. The number of benzene rings is 2. The maximum atomic E-state index is 12.9. The van der Waals surface area contributed by atoms with Gasteiger partial charge in [-0.1, -0.05) is 42.5 Å². The number of thiophene rings is 1. The molecular formula is C25H23N3O4S. The summed E-state index contributed by atoms with van der Waals surface area (Å²) in [7, 11) is 0. The van der Waals surface area contributed by atoms with Gasteiger partial charge in [-0.3, -0.25) is 9.59 Å². The maximum absolute atomic E-state index is 12.9. The third kappa shape index (κ3) is 5.48. The quantitative estimate of drug-likeness (QED) is 0.345. The highest BCUT2D eigenvalue weighted by Gasteiger charge is 2.25. The van der Waals surface area contributed by atoms with Crippen LogP contribution in [0.4, 0.5) is 5.69 Å². The summed E-state index contributed by atoms with van der Waals surface area (Å²) in [5.41, 5.74) is 3.35. The minimum absolute atomic E-state index is 0.222. The second kappa shape index (κ2) is 10.1. The summed E-state index contributed by atoms with van der Waals surface area (Å²) in [5, 5.41) is 8.23. The number of nitrogens with one attached hydrogen (secondary N) is 3. The lowest BCUT2D eigenvalue weighted by Crippen LogP contribution is -2.43. The number of anilines is 1. The minimum Gasteiger partial charge on any atom is -0.454 e. The van der Waals surface area contributed by atoms with Crippen molar-refractivity contribution >= 4 is 45.7 Å². The number of hydrogen-bond acceptors (Lipinski definition) is 5. The van der Waals surface area contributed by atoms with Crippen molar-refractivity contribution in [3.63, 3.8) is 0 Å². The summed E-state index contributed by atoms with van der Waals surface area (Å²) in [6.45, 7) is 1.42. The topological polar surface area (TPSA) is 100 Å². The Labute approximate surface area is 194 Å². The van der Waals surface area contributed by atoms with Crippen molar-refractivity contribution < 1.29 is 19.1 Å². The van der Waals surface area contributed by atoms with Crippen LogP contribution >= 0.6 is 11.3 Å². The van der Waals surface area contributed by atoms with Crippen molar-refractivity contribution in [2.75, 3.05) is 11.9 Å². The van der Waals surface area contributed by atoms with E-state index in [0.29, 0.717) is 10.6 Å². The van der Waals surface area contributed by atoms with Crippen LogP contribution in [0.15, 0.2) is 72.2 Å². The van der Waals surface area contributed by atoms with E-state index in [9.17, 15) is 14.4 Å². The Hall–Kier alpha value is -3.91. The van der Waals surface area contributed by atoms with Crippen molar-refractivity contribution in [3.8, 4) is 0 Å². The number of aryl methyl sites for hydroxylation is 1. The molecule has 0 aliphatic heterocycles. The number of H-pyrrole nitrogens is 1. The molecular weight excluding hydrogens is 438 g/mol. The number of aromatic nitrogens is 1. The molecule has 33 heavy (non-hydrogen) atoms. The molecule has 4 aromatic rings. The van der Waals surface area contributed by atoms with Gasteiger partial charge in [-0.2, -0.15) is 0 Å². The third-order valence-electron chi connectivity index (χ3n) is 5.20. The summed E-state index contributed by atoms with van der Waals surface area (Å²) in [4.78, 5) is 41.5. The fraction of sp³-hybridized carbons (Fsp3) is 0.160. The van der Waals surface area contributed by atoms with Crippen LogP contribution in [0.5, 0.6) is 0 Å². The average molecular weight is 462 g/mol. The van der Waals surface area contributed by atoms with Gasteiger partial charge in [-0.15, -0.1) is 11.3 Å². The Balaban J connectivity index is 1.46. The Morgan fingerprint density at radius 2 is 1.82 bits per heavy atom. The van der Waals surface area contributed by atoms with Gasteiger partial charge in [0.05, 0.1) is 4.88 Å². The van der Waals surface area contributed by atoms with E-state index >= 15 is 0 Å². The van der Waals surface area contributed by atoms with Crippen LogP contribution in [-0.4, -0.2) is 35.4 Å². The van der Waals surface area contributed by atoms with Gasteiger partial charge < -0.3 is 20.4 Å². The first-order valence-electron chi connectivity index (χ1n) is 10.4. The zero-order valence-corrected chi connectivity index (χ0v) is 18.8. The van der Waals surface area contributed by atoms with Crippen molar-refractivity contribution in [1.29, 1.82) is 0 Å². The molecule has 7 nitrogen and oxygen atoms in total. The zero-order chi connectivity index (χ0) is 23.2. The van der Waals surface area contributed by atoms with E-state index in [0.717, 1.165) is 22.0 Å². The van der Waals surface area contributed by atoms with Gasteiger partial charge in [-0.25, -0.2) is 4.79 Å². The minimum atomic E-state index is -0.954. The van der Waals surface area contributed by atoms with E-state index < -0.39 is 24.5 Å². The number of carbonyl (C=O) groups is 3. The molecule has 4 rings (SSSR count). The number of amides is 2. The molecule has 2 heterocycles. The van der Waals surface area contributed by atoms with Gasteiger partial charge in [0, 0.05) is 29.2 Å². The number of carbonyl (C=O) groups excluding carboxylic acids is 3. The van der Waals surface area contributed by atoms with E-state index in [1.54, 1.807) is 23.6 Å². The summed E-state index contributed by atoms with van der Waals surface area (Å²) in [6, 6.07) is 17.5. The molecule has 3 N–H and O–H groups in total. The molecule has 2 aromatic heterocycles. The molecule has 0 spiro atoms. The largest absolute Gasteiger partial charge is 0.454 e. The molecule has 0 aliphatic carbocycles. The van der Waals surface area contributed by atoms with Crippen molar-refractivity contribution in [2.45, 2.75) is 19.4 Å². The number of ether oxygens (including phenoxy) is 1. The Bertz CT molecular complexity index is 1280. The Morgan fingerprint density at radius 1 is 1.03 bits per heavy atom. The van der Waals surface area contributed by atoms with Crippen molar-refractivity contribution in [2.24, 2.45) is 0 Å².